The molecule has 0 saturated heterocycles. The molecule has 0 saturated carbocycles. The molecule has 2 aromatic carbocycles. The molecule has 0 radical (unpaired) electrons. The molecule has 5 heteroatoms. The van der Waals surface area contributed by atoms with Crippen LogP contribution in [0.3, 0.4) is 0 Å². The third kappa shape index (κ3) is 3.02. The Bertz CT molecular complexity index is 671. The van der Waals surface area contributed by atoms with E-state index >= 15 is 0 Å². The van der Waals surface area contributed by atoms with Gasteiger partial charge in [0.15, 0.2) is 5.78 Å². The van der Waals surface area contributed by atoms with E-state index < -0.39 is 17.4 Å². The highest BCUT2D eigenvalue weighted by molar-refractivity contribution is 14.1. The lowest BCUT2D eigenvalue weighted by molar-refractivity contribution is 0.103. The summed E-state index contributed by atoms with van der Waals surface area (Å²) in [6, 6.07) is 7.16. The fraction of sp³-hybridized carbons (Fsp3) is 0.0714. The Morgan fingerprint density at radius 2 is 1.79 bits per heavy atom. The zero-order valence-electron chi connectivity index (χ0n) is 9.81. The lowest BCUT2D eigenvalue weighted by atomic mass is 10.0. The van der Waals surface area contributed by atoms with Gasteiger partial charge in [-0.3, -0.25) is 4.79 Å². The molecule has 0 bridgehead atoms. The number of halogens is 4. The van der Waals surface area contributed by atoms with Crippen LogP contribution >= 0.6 is 38.5 Å². The summed E-state index contributed by atoms with van der Waals surface area (Å²) in [4.78, 5) is 12.3. The number of hydrogen-bond acceptors (Lipinski definition) is 1. The number of carbonyl (C=O) groups excluding carboxylic acids is 1. The summed E-state index contributed by atoms with van der Waals surface area (Å²) in [7, 11) is 0. The quantitative estimate of drug-likeness (QED) is 0.484. The van der Waals surface area contributed by atoms with Gasteiger partial charge in [0.25, 0.3) is 0 Å². The van der Waals surface area contributed by atoms with Crippen molar-refractivity contribution in [2.75, 3.05) is 0 Å². The first kappa shape index (κ1) is 14.6. The first-order chi connectivity index (χ1) is 8.90. The van der Waals surface area contributed by atoms with Gasteiger partial charge in [0, 0.05) is 19.7 Å². The second kappa shape index (κ2) is 5.66. The second-order valence-corrected chi connectivity index (χ2v) is 6.11. The molecule has 0 N–H and O–H groups in total. The van der Waals surface area contributed by atoms with Gasteiger partial charge in [-0.2, -0.15) is 0 Å². The maximum absolute atomic E-state index is 13.7. The SMILES string of the molecule is Cc1cc(C(=O)c2cc(Br)ccc2I)c(F)cc1F. The van der Waals surface area contributed by atoms with Crippen LogP contribution in [0.4, 0.5) is 8.78 Å². The van der Waals surface area contributed by atoms with Crippen LogP contribution in [0.2, 0.25) is 0 Å². The van der Waals surface area contributed by atoms with Crippen LogP contribution in [-0.4, -0.2) is 5.78 Å². The average Bonchev–Trinajstić information content (AvgIpc) is 2.36. The molecular weight excluding hydrogens is 429 g/mol. The summed E-state index contributed by atoms with van der Waals surface area (Å²) >= 11 is 5.28. The first-order valence-electron chi connectivity index (χ1n) is 5.35. The number of ketones is 1. The lowest BCUT2D eigenvalue weighted by Crippen LogP contribution is -2.07. The minimum atomic E-state index is -0.844. The Kier molecular flexibility index (Phi) is 4.35. The Hall–Kier alpha value is -0.820. The van der Waals surface area contributed by atoms with Crippen molar-refractivity contribution < 1.29 is 13.6 Å². The van der Waals surface area contributed by atoms with Crippen molar-refractivity contribution in [1.29, 1.82) is 0 Å². The fourth-order valence-corrected chi connectivity index (χ4v) is 2.59. The van der Waals surface area contributed by atoms with E-state index in [4.69, 9.17) is 0 Å². The van der Waals surface area contributed by atoms with E-state index in [0.29, 0.717) is 9.13 Å². The number of rotatable bonds is 2. The number of aryl methyl sites for hydroxylation is 1. The highest BCUT2D eigenvalue weighted by Gasteiger charge is 2.18. The van der Waals surface area contributed by atoms with Gasteiger partial charge >= 0.3 is 0 Å². The van der Waals surface area contributed by atoms with Gasteiger partial charge in [-0.1, -0.05) is 15.9 Å². The van der Waals surface area contributed by atoms with Crippen LogP contribution in [0.5, 0.6) is 0 Å². The van der Waals surface area contributed by atoms with E-state index in [9.17, 15) is 13.6 Å². The molecule has 1 nitrogen and oxygen atoms in total. The molecule has 2 rings (SSSR count). The van der Waals surface area contributed by atoms with Gasteiger partial charge in [-0.05, 0) is 59.3 Å². The summed E-state index contributed by atoms with van der Waals surface area (Å²) in [6.07, 6.45) is 0. The third-order valence-corrected chi connectivity index (χ3v) is 4.10. The van der Waals surface area contributed by atoms with Gasteiger partial charge in [-0.25, -0.2) is 8.78 Å². The molecule has 0 aliphatic heterocycles. The van der Waals surface area contributed by atoms with Crippen LogP contribution in [0, 0.1) is 22.1 Å². The summed E-state index contributed by atoms with van der Waals surface area (Å²) in [5.41, 5.74) is 0.518. The summed E-state index contributed by atoms with van der Waals surface area (Å²) in [5.74, 6) is -1.95. The van der Waals surface area contributed by atoms with E-state index in [1.54, 1.807) is 18.2 Å². The molecule has 0 aliphatic carbocycles. The Morgan fingerprint density at radius 1 is 1.11 bits per heavy atom. The molecular formula is C14H8BrF2IO. The number of carbonyl (C=O) groups is 1. The molecule has 0 amide bonds. The van der Waals surface area contributed by atoms with Crippen molar-refractivity contribution in [2.24, 2.45) is 0 Å². The topological polar surface area (TPSA) is 17.1 Å². The monoisotopic (exact) mass is 436 g/mol. The maximum atomic E-state index is 13.7. The third-order valence-electron chi connectivity index (χ3n) is 2.67. The Morgan fingerprint density at radius 3 is 2.47 bits per heavy atom. The minimum Gasteiger partial charge on any atom is -0.288 e. The zero-order valence-corrected chi connectivity index (χ0v) is 13.6. The largest absolute Gasteiger partial charge is 0.288 e. The molecule has 0 aliphatic rings. The second-order valence-electron chi connectivity index (χ2n) is 4.03. The molecule has 19 heavy (non-hydrogen) atoms. The fourth-order valence-electron chi connectivity index (χ4n) is 1.65. The Balaban J connectivity index is 2.56. The molecule has 0 aromatic heterocycles. The van der Waals surface area contributed by atoms with Crippen LogP contribution in [0.1, 0.15) is 21.5 Å². The van der Waals surface area contributed by atoms with Crippen molar-refractivity contribution in [3.8, 4) is 0 Å². The van der Waals surface area contributed by atoms with Crippen molar-refractivity contribution >= 4 is 44.3 Å². The van der Waals surface area contributed by atoms with Gasteiger partial charge in [0.1, 0.15) is 11.6 Å². The number of benzene rings is 2. The molecule has 0 heterocycles. The summed E-state index contributed by atoms with van der Waals surface area (Å²) in [6.45, 7) is 1.50. The average molecular weight is 437 g/mol. The summed E-state index contributed by atoms with van der Waals surface area (Å²) in [5, 5.41) is 0. The van der Waals surface area contributed by atoms with Crippen LogP contribution in [-0.2, 0) is 0 Å². The highest BCUT2D eigenvalue weighted by atomic mass is 127. The maximum Gasteiger partial charge on any atom is 0.197 e. The lowest BCUT2D eigenvalue weighted by Gasteiger charge is -2.07. The van der Waals surface area contributed by atoms with Crippen LogP contribution in [0.25, 0.3) is 0 Å². The van der Waals surface area contributed by atoms with E-state index in [1.165, 1.54) is 13.0 Å². The molecule has 98 valence electrons. The zero-order chi connectivity index (χ0) is 14.2. The van der Waals surface area contributed by atoms with Gasteiger partial charge in [0.2, 0.25) is 0 Å². The van der Waals surface area contributed by atoms with Gasteiger partial charge in [0.05, 0.1) is 5.56 Å². The van der Waals surface area contributed by atoms with Crippen molar-refractivity contribution in [3.63, 3.8) is 0 Å². The predicted molar refractivity (Wildman–Crippen MR) is 81.4 cm³/mol. The Labute approximate surface area is 131 Å². The van der Waals surface area contributed by atoms with Crippen LogP contribution < -0.4 is 0 Å². The highest BCUT2D eigenvalue weighted by Crippen LogP contribution is 2.23. The van der Waals surface area contributed by atoms with Crippen molar-refractivity contribution in [1.82, 2.24) is 0 Å². The smallest absolute Gasteiger partial charge is 0.197 e. The van der Waals surface area contributed by atoms with E-state index in [0.717, 1.165) is 10.5 Å². The van der Waals surface area contributed by atoms with Crippen LogP contribution in [0.15, 0.2) is 34.8 Å². The van der Waals surface area contributed by atoms with Gasteiger partial charge < -0.3 is 0 Å². The van der Waals surface area contributed by atoms with E-state index in [-0.39, 0.29) is 11.1 Å². The molecule has 0 spiro atoms. The van der Waals surface area contributed by atoms with Crippen molar-refractivity contribution in [3.05, 3.63) is 66.7 Å². The molecule has 0 unspecified atom stereocenters. The van der Waals surface area contributed by atoms with Crippen molar-refractivity contribution in [2.45, 2.75) is 6.92 Å². The minimum absolute atomic E-state index is 0.116. The molecule has 0 fully saturated rings. The number of hydrogen-bond donors (Lipinski definition) is 0. The normalized spacial score (nSPS) is 10.6. The standard InChI is InChI=1S/C14H8BrF2IO/c1-7-4-9(12(17)6-11(7)16)14(19)10-5-8(15)2-3-13(10)18/h2-6H,1H3. The summed E-state index contributed by atoms with van der Waals surface area (Å²) < 4.78 is 28.4. The van der Waals surface area contributed by atoms with Gasteiger partial charge in [-0.15, -0.1) is 0 Å². The predicted octanol–water partition coefficient (Wildman–Crippen LogP) is 4.87. The van der Waals surface area contributed by atoms with E-state index in [1.807, 2.05) is 22.6 Å². The first-order valence-corrected chi connectivity index (χ1v) is 7.22. The van der Waals surface area contributed by atoms with E-state index in [2.05, 4.69) is 15.9 Å². The molecule has 0 atom stereocenters. The molecule has 2 aromatic rings.